The fourth-order valence-electron chi connectivity index (χ4n) is 10.3. The summed E-state index contributed by atoms with van der Waals surface area (Å²) in [4.78, 5) is 38.3. The van der Waals surface area contributed by atoms with E-state index in [1.54, 1.807) is 0 Å². The number of esters is 3. The van der Waals surface area contributed by atoms with Crippen LogP contribution in [0.25, 0.3) is 0 Å². The van der Waals surface area contributed by atoms with Crippen molar-refractivity contribution >= 4 is 17.9 Å². The Morgan fingerprint density at radius 1 is 0.253 bits per heavy atom. The summed E-state index contributed by atoms with van der Waals surface area (Å²) in [6, 6.07) is 0. The normalized spacial score (nSPS) is 12.7. The molecular formula is C77H134O6. The van der Waals surface area contributed by atoms with Crippen molar-refractivity contribution in [3.63, 3.8) is 0 Å². The van der Waals surface area contributed by atoms with Crippen LogP contribution in [0.5, 0.6) is 0 Å². The molecule has 83 heavy (non-hydrogen) atoms. The van der Waals surface area contributed by atoms with Gasteiger partial charge in [-0.05, 0) is 89.9 Å². The molecule has 0 rings (SSSR count). The number of rotatable bonds is 65. The first kappa shape index (κ1) is 79.3. The van der Waals surface area contributed by atoms with Crippen molar-refractivity contribution in [2.75, 3.05) is 13.2 Å². The summed E-state index contributed by atoms with van der Waals surface area (Å²) in [7, 11) is 0. The number of ether oxygens (including phenoxy) is 3. The van der Waals surface area contributed by atoms with Crippen LogP contribution in [-0.2, 0) is 28.6 Å². The van der Waals surface area contributed by atoms with Gasteiger partial charge in [-0.25, -0.2) is 0 Å². The number of unbranched alkanes of at least 4 members (excludes halogenated alkanes) is 38. The third kappa shape index (κ3) is 69.0. The van der Waals surface area contributed by atoms with Crippen LogP contribution in [0.1, 0.15) is 355 Å². The van der Waals surface area contributed by atoms with E-state index in [1.807, 2.05) is 6.08 Å². The molecule has 0 aliphatic carbocycles. The van der Waals surface area contributed by atoms with E-state index >= 15 is 0 Å². The largest absolute Gasteiger partial charge is 0.462 e. The van der Waals surface area contributed by atoms with Crippen LogP contribution in [0.15, 0.2) is 97.2 Å². The maximum Gasteiger partial charge on any atom is 0.306 e. The van der Waals surface area contributed by atoms with Crippen molar-refractivity contribution in [2.45, 2.75) is 361 Å². The zero-order valence-corrected chi connectivity index (χ0v) is 54.9. The Labute approximate surface area is 515 Å². The molecule has 0 bridgehead atoms. The summed E-state index contributed by atoms with van der Waals surface area (Å²) in [6.45, 7) is 6.48. The van der Waals surface area contributed by atoms with Gasteiger partial charge in [-0.2, -0.15) is 0 Å². The van der Waals surface area contributed by atoms with Gasteiger partial charge in [-0.3, -0.25) is 14.4 Å². The Morgan fingerprint density at radius 3 is 0.783 bits per heavy atom. The minimum Gasteiger partial charge on any atom is -0.462 e. The Kier molecular flexibility index (Phi) is 67.7. The summed E-state index contributed by atoms with van der Waals surface area (Å²) in [5.41, 5.74) is 0. The highest BCUT2D eigenvalue weighted by Gasteiger charge is 2.19. The first-order chi connectivity index (χ1) is 41.0. The number of carbonyl (C=O) groups excluding carboxylic acids is 3. The zero-order chi connectivity index (χ0) is 59.9. The molecule has 0 saturated heterocycles. The number of allylic oxidation sites excluding steroid dienone is 16. The Balaban J connectivity index is 4.14. The minimum atomic E-state index is -0.816. The van der Waals surface area contributed by atoms with Gasteiger partial charge in [0.05, 0.1) is 0 Å². The smallest absolute Gasteiger partial charge is 0.306 e. The van der Waals surface area contributed by atoms with Gasteiger partial charge in [-0.1, -0.05) is 343 Å². The van der Waals surface area contributed by atoms with Crippen molar-refractivity contribution in [1.82, 2.24) is 0 Å². The predicted octanol–water partition coefficient (Wildman–Crippen LogP) is 24.8. The quantitative estimate of drug-likeness (QED) is 0.0261. The monoisotopic (exact) mass is 1160 g/mol. The predicted molar refractivity (Wildman–Crippen MR) is 362 cm³/mol. The fourth-order valence-corrected chi connectivity index (χ4v) is 10.3. The van der Waals surface area contributed by atoms with Gasteiger partial charge in [0.1, 0.15) is 13.2 Å². The summed E-state index contributed by atoms with van der Waals surface area (Å²) >= 11 is 0. The lowest BCUT2D eigenvalue weighted by molar-refractivity contribution is -0.166. The van der Waals surface area contributed by atoms with Gasteiger partial charge in [0.15, 0.2) is 6.10 Å². The SMILES string of the molecule is CC/C=C\C/C=C\C/C=C\C/C=C\C/C=C\C/C=C\CCC(=O)OC(COC(=O)CCCCCCCCCCCCC)COC(=O)CCCCCCCCCCCCCCCCCCCCCCCCC/C=C\C/C=C\CCCCCCC. The molecule has 0 radical (unpaired) electrons. The number of hydrogen-bond donors (Lipinski definition) is 0. The standard InChI is InChI=1S/C77H134O6/c1-4-7-10-13-16-19-22-24-26-28-30-31-32-33-34-35-36-37-38-39-40-41-42-43-44-45-47-48-50-52-55-58-61-64-67-70-76(79)82-73-74(72-81-75(78)69-66-63-60-57-54-21-18-15-12-9-6-3)83-77(80)71-68-65-62-59-56-53-51-49-46-29-27-25-23-20-17-14-11-8-5-2/h8,11,17,20,22,24-25,27-28,30,46,49,53,56,62,65,74H,4-7,9-10,12-16,18-19,21,23,26,29,31-45,47-48,50-52,54-55,57-61,63-64,66-73H2,1-3H3/b11-8-,20-17-,24-22-,27-25-,30-28-,49-46-,56-53-,65-62-. The fraction of sp³-hybridized carbons (Fsp3) is 0.753. The highest BCUT2D eigenvalue weighted by atomic mass is 16.6. The Morgan fingerprint density at radius 2 is 0.494 bits per heavy atom. The van der Waals surface area contributed by atoms with E-state index in [-0.39, 0.29) is 37.5 Å². The van der Waals surface area contributed by atoms with Crippen LogP contribution in [0.3, 0.4) is 0 Å². The van der Waals surface area contributed by atoms with Gasteiger partial charge >= 0.3 is 17.9 Å². The van der Waals surface area contributed by atoms with Crippen molar-refractivity contribution in [3.8, 4) is 0 Å². The molecule has 0 spiro atoms. The van der Waals surface area contributed by atoms with Gasteiger partial charge in [0, 0.05) is 19.3 Å². The molecule has 0 aliphatic heterocycles. The third-order valence-corrected chi connectivity index (χ3v) is 15.6. The maximum absolute atomic E-state index is 12.9. The van der Waals surface area contributed by atoms with Crippen LogP contribution < -0.4 is 0 Å². The van der Waals surface area contributed by atoms with Crippen LogP contribution >= 0.6 is 0 Å². The van der Waals surface area contributed by atoms with E-state index in [9.17, 15) is 14.4 Å². The molecule has 1 unspecified atom stereocenters. The summed E-state index contributed by atoms with van der Waals surface area (Å²) in [5, 5.41) is 0. The molecule has 6 heteroatoms. The van der Waals surface area contributed by atoms with E-state index in [4.69, 9.17) is 14.2 Å². The second kappa shape index (κ2) is 70.8. The highest BCUT2D eigenvalue weighted by molar-refractivity contribution is 5.71. The second-order valence-corrected chi connectivity index (χ2v) is 23.8. The van der Waals surface area contributed by atoms with Gasteiger partial charge < -0.3 is 14.2 Å². The van der Waals surface area contributed by atoms with Gasteiger partial charge in [0.25, 0.3) is 0 Å². The van der Waals surface area contributed by atoms with E-state index in [2.05, 4.69) is 112 Å². The van der Waals surface area contributed by atoms with Crippen molar-refractivity contribution in [3.05, 3.63) is 97.2 Å². The lowest BCUT2D eigenvalue weighted by atomic mass is 10.0. The number of carbonyl (C=O) groups is 3. The van der Waals surface area contributed by atoms with Crippen LogP contribution in [0.2, 0.25) is 0 Å². The molecule has 0 aromatic rings. The average molecular weight is 1160 g/mol. The summed E-state index contributed by atoms with van der Waals surface area (Å²) in [5.74, 6) is -0.974. The Bertz CT molecular complexity index is 1610. The minimum absolute atomic E-state index is 0.103. The first-order valence-corrected chi connectivity index (χ1v) is 35.7. The van der Waals surface area contributed by atoms with Crippen LogP contribution in [-0.4, -0.2) is 37.2 Å². The molecule has 0 amide bonds. The van der Waals surface area contributed by atoms with Crippen molar-refractivity contribution < 1.29 is 28.6 Å². The Hall–Kier alpha value is -3.67. The molecule has 0 aromatic heterocycles. The average Bonchev–Trinajstić information content (AvgIpc) is 3.48. The van der Waals surface area contributed by atoms with Crippen LogP contribution in [0.4, 0.5) is 0 Å². The summed E-state index contributed by atoms with van der Waals surface area (Å²) < 4.78 is 16.9. The van der Waals surface area contributed by atoms with Crippen LogP contribution in [0, 0.1) is 0 Å². The third-order valence-electron chi connectivity index (χ3n) is 15.6. The summed E-state index contributed by atoms with van der Waals surface area (Å²) in [6.07, 6.45) is 96.2. The maximum atomic E-state index is 12.9. The molecule has 0 saturated carbocycles. The van der Waals surface area contributed by atoms with Gasteiger partial charge in [-0.15, -0.1) is 0 Å². The molecular weight excluding hydrogens is 1020 g/mol. The highest BCUT2D eigenvalue weighted by Crippen LogP contribution is 2.18. The van der Waals surface area contributed by atoms with E-state index < -0.39 is 6.10 Å². The molecule has 1 atom stereocenters. The van der Waals surface area contributed by atoms with E-state index in [1.165, 1.54) is 225 Å². The molecule has 0 N–H and O–H groups in total. The molecule has 0 aliphatic rings. The molecule has 0 aromatic carbocycles. The molecule has 0 heterocycles. The van der Waals surface area contributed by atoms with Gasteiger partial charge in [0.2, 0.25) is 0 Å². The van der Waals surface area contributed by atoms with Crippen molar-refractivity contribution in [2.24, 2.45) is 0 Å². The lowest BCUT2D eigenvalue weighted by Gasteiger charge is -2.18. The zero-order valence-electron chi connectivity index (χ0n) is 54.9. The number of hydrogen-bond acceptors (Lipinski definition) is 6. The van der Waals surface area contributed by atoms with Crippen molar-refractivity contribution in [1.29, 1.82) is 0 Å². The molecule has 478 valence electrons. The topological polar surface area (TPSA) is 78.9 Å². The first-order valence-electron chi connectivity index (χ1n) is 35.7. The molecule has 0 fully saturated rings. The molecule has 6 nitrogen and oxygen atoms in total. The second-order valence-electron chi connectivity index (χ2n) is 23.8. The van der Waals surface area contributed by atoms with E-state index in [0.717, 1.165) is 83.5 Å². The lowest BCUT2D eigenvalue weighted by Crippen LogP contribution is -2.30. The van der Waals surface area contributed by atoms with E-state index in [0.29, 0.717) is 19.3 Å².